The number of imide groups is 1. The van der Waals surface area contributed by atoms with Gasteiger partial charge in [-0.15, -0.1) is 0 Å². The highest BCUT2D eigenvalue weighted by molar-refractivity contribution is 6.12. The summed E-state index contributed by atoms with van der Waals surface area (Å²) in [5.41, 5.74) is 1.04. The van der Waals surface area contributed by atoms with E-state index in [1.54, 1.807) is 6.07 Å². The largest absolute Gasteiger partial charge is 0.508 e. The number of ether oxygens (including phenoxy) is 2. The number of nitrogens with one attached hydrogen (secondary N) is 1. The number of amides is 4. The molecule has 3 aliphatic rings. The Morgan fingerprint density at radius 2 is 1.79 bits per heavy atom. The minimum atomic E-state index is -1.33. The van der Waals surface area contributed by atoms with Crippen molar-refractivity contribution >= 4 is 23.7 Å². The van der Waals surface area contributed by atoms with Crippen LogP contribution in [0.4, 0.5) is 18.4 Å². The third kappa shape index (κ3) is 6.40. The monoisotopic (exact) mass is 598 g/mol. The van der Waals surface area contributed by atoms with Crippen LogP contribution in [0.25, 0.3) is 0 Å². The second-order valence-corrected chi connectivity index (χ2v) is 11.3. The molecular formula is C31H36F2N4O6. The number of aromatic hydroxyl groups is 1. The van der Waals surface area contributed by atoms with E-state index in [0.29, 0.717) is 30.7 Å². The number of phenols is 1. The highest BCUT2D eigenvalue weighted by atomic mass is 19.2. The van der Waals surface area contributed by atoms with Crippen LogP contribution in [0.1, 0.15) is 55.2 Å². The molecule has 12 heteroatoms. The maximum atomic E-state index is 14.3. The van der Waals surface area contributed by atoms with Gasteiger partial charge in [-0.25, -0.2) is 23.3 Å². The fourth-order valence-corrected chi connectivity index (χ4v) is 6.68. The van der Waals surface area contributed by atoms with Gasteiger partial charge in [0, 0.05) is 32.3 Å². The van der Waals surface area contributed by atoms with Gasteiger partial charge in [0.05, 0.1) is 25.5 Å². The van der Waals surface area contributed by atoms with Gasteiger partial charge in [0.1, 0.15) is 11.7 Å². The standard InChI is InChI=1S/C31H36F2N4O6/c1-42-17-25-27(29(39)43-2)28(19-9-12-23(32)24(33)15-19)37(31(41)35-25)30(40)34-20-13-14-36(16-20)21-10-7-18(8-11-21)22-5-3-4-6-26(22)38/h3-6,9,12,15,18,20-21,27-28,38H,7-8,10-11,13-14,16-17H2,1-2H3,(H,34,40)/t18?,20-,21?,27?,28+/m1/s1. The van der Waals surface area contributed by atoms with E-state index in [4.69, 9.17) is 9.47 Å². The Morgan fingerprint density at radius 1 is 1.05 bits per heavy atom. The van der Waals surface area contributed by atoms with Crippen LogP contribution in [0.15, 0.2) is 47.5 Å². The maximum absolute atomic E-state index is 14.3. The van der Waals surface area contributed by atoms with Crippen molar-refractivity contribution in [3.8, 4) is 5.75 Å². The number of hydrogen-bond donors (Lipinski definition) is 2. The van der Waals surface area contributed by atoms with E-state index in [1.165, 1.54) is 13.2 Å². The molecule has 10 nitrogen and oxygen atoms in total. The number of methoxy groups -OCH3 is 2. The van der Waals surface area contributed by atoms with Crippen molar-refractivity contribution in [2.24, 2.45) is 10.9 Å². The van der Waals surface area contributed by atoms with Gasteiger partial charge in [-0.2, -0.15) is 4.99 Å². The molecule has 1 unspecified atom stereocenters. The molecule has 1 saturated heterocycles. The van der Waals surface area contributed by atoms with E-state index in [1.807, 2.05) is 18.2 Å². The Labute approximate surface area is 248 Å². The first-order valence-electron chi connectivity index (χ1n) is 14.5. The van der Waals surface area contributed by atoms with Gasteiger partial charge in [0.2, 0.25) is 0 Å². The molecule has 0 bridgehead atoms. The van der Waals surface area contributed by atoms with Gasteiger partial charge in [-0.05, 0) is 67.3 Å². The molecule has 2 N–H and O–H groups in total. The Balaban J connectivity index is 1.30. The lowest BCUT2D eigenvalue weighted by Gasteiger charge is -2.38. The first-order chi connectivity index (χ1) is 20.7. The van der Waals surface area contributed by atoms with Crippen LogP contribution in [0.2, 0.25) is 0 Å². The molecular weight excluding hydrogens is 562 g/mol. The molecule has 4 amide bonds. The molecule has 0 spiro atoms. The molecule has 2 aromatic carbocycles. The van der Waals surface area contributed by atoms with E-state index in [9.17, 15) is 28.3 Å². The molecule has 43 heavy (non-hydrogen) atoms. The Hall–Kier alpha value is -3.90. The van der Waals surface area contributed by atoms with Gasteiger partial charge in [-0.1, -0.05) is 24.3 Å². The molecule has 230 valence electrons. The molecule has 0 aromatic heterocycles. The van der Waals surface area contributed by atoms with Gasteiger partial charge in [0.15, 0.2) is 11.6 Å². The number of carbonyl (C=O) groups is 3. The van der Waals surface area contributed by atoms with E-state index in [0.717, 1.165) is 61.9 Å². The topological polar surface area (TPSA) is 121 Å². The summed E-state index contributed by atoms with van der Waals surface area (Å²) in [5, 5.41) is 13.2. The quantitative estimate of drug-likeness (QED) is 0.449. The van der Waals surface area contributed by atoms with Gasteiger partial charge < -0.3 is 19.9 Å². The van der Waals surface area contributed by atoms with Crippen molar-refractivity contribution in [1.82, 2.24) is 15.1 Å². The number of para-hydroxylation sites is 1. The Kier molecular flexibility index (Phi) is 9.36. The number of rotatable bonds is 7. The predicted molar refractivity (Wildman–Crippen MR) is 153 cm³/mol. The molecule has 0 radical (unpaired) electrons. The number of carbonyl (C=O) groups excluding carboxylic acids is 3. The number of aliphatic imine (C=N–C) groups is 1. The van der Waals surface area contributed by atoms with Crippen molar-refractivity contribution in [3.05, 3.63) is 65.2 Å². The Bertz CT molecular complexity index is 1400. The fourth-order valence-electron chi connectivity index (χ4n) is 6.68. The minimum absolute atomic E-state index is 0.0181. The first-order valence-corrected chi connectivity index (χ1v) is 14.5. The van der Waals surface area contributed by atoms with Gasteiger partial charge >= 0.3 is 18.0 Å². The van der Waals surface area contributed by atoms with Crippen LogP contribution in [-0.4, -0.2) is 84.6 Å². The summed E-state index contributed by atoms with van der Waals surface area (Å²) in [5.74, 6) is -3.74. The highest BCUT2D eigenvalue weighted by Gasteiger charge is 2.48. The van der Waals surface area contributed by atoms with Crippen LogP contribution < -0.4 is 5.32 Å². The number of benzene rings is 2. The predicted octanol–water partition coefficient (Wildman–Crippen LogP) is 4.53. The van der Waals surface area contributed by atoms with Gasteiger partial charge in [-0.3, -0.25) is 9.69 Å². The summed E-state index contributed by atoms with van der Waals surface area (Å²) in [4.78, 5) is 46.9. The molecule has 2 aliphatic heterocycles. The highest BCUT2D eigenvalue weighted by Crippen LogP contribution is 2.39. The zero-order valence-corrected chi connectivity index (χ0v) is 24.2. The number of halogens is 2. The van der Waals surface area contributed by atoms with E-state index in [-0.39, 0.29) is 23.9 Å². The summed E-state index contributed by atoms with van der Waals surface area (Å²) in [6.07, 6.45) is 4.47. The van der Waals surface area contributed by atoms with E-state index in [2.05, 4.69) is 15.2 Å². The second-order valence-electron chi connectivity index (χ2n) is 11.3. The lowest BCUT2D eigenvalue weighted by Crippen LogP contribution is -2.55. The van der Waals surface area contributed by atoms with Crippen molar-refractivity contribution < 1.29 is 37.7 Å². The average molecular weight is 599 g/mol. The summed E-state index contributed by atoms with van der Waals surface area (Å²) in [7, 11) is 2.51. The summed E-state index contributed by atoms with van der Waals surface area (Å²) in [6, 6.07) is 7.42. The molecule has 1 saturated carbocycles. The smallest absolute Gasteiger partial charge is 0.352 e. The number of likely N-dealkylation sites (tertiary alicyclic amines) is 1. The second kappa shape index (κ2) is 13.2. The summed E-state index contributed by atoms with van der Waals surface area (Å²) in [6.45, 7) is 1.14. The zero-order valence-electron chi connectivity index (χ0n) is 24.2. The van der Waals surface area contributed by atoms with Crippen LogP contribution in [-0.2, 0) is 14.3 Å². The van der Waals surface area contributed by atoms with Crippen molar-refractivity contribution in [3.63, 3.8) is 0 Å². The van der Waals surface area contributed by atoms with Crippen LogP contribution >= 0.6 is 0 Å². The van der Waals surface area contributed by atoms with Crippen molar-refractivity contribution in [2.75, 3.05) is 33.9 Å². The van der Waals surface area contributed by atoms with Crippen molar-refractivity contribution in [2.45, 2.75) is 56.1 Å². The van der Waals surface area contributed by atoms with Gasteiger partial charge in [0.25, 0.3) is 0 Å². The first kappa shape index (κ1) is 30.6. The van der Waals surface area contributed by atoms with Crippen LogP contribution in [0.5, 0.6) is 5.75 Å². The third-order valence-electron chi connectivity index (χ3n) is 8.79. The lowest BCUT2D eigenvalue weighted by atomic mass is 9.81. The van der Waals surface area contributed by atoms with Crippen LogP contribution in [0.3, 0.4) is 0 Å². The molecule has 5 rings (SSSR count). The van der Waals surface area contributed by atoms with E-state index < -0.39 is 41.6 Å². The third-order valence-corrected chi connectivity index (χ3v) is 8.79. The van der Waals surface area contributed by atoms with Crippen molar-refractivity contribution in [1.29, 1.82) is 0 Å². The average Bonchev–Trinajstić information content (AvgIpc) is 3.46. The molecule has 2 fully saturated rings. The van der Waals surface area contributed by atoms with Crippen LogP contribution in [0, 0.1) is 17.6 Å². The maximum Gasteiger partial charge on any atom is 0.352 e. The Morgan fingerprint density at radius 3 is 2.47 bits per heavy atom. The number of hydrogen-bond acceptors (Lipinski definition) is 7. The molecule has 2 aromatic rings. The lowest BCUT2D eigenvalue weighted by molar-refractivity contribution is -0.144. The summed E-state index contributed by atoms with van der Waals surface area (Å²) < 4.78 is 38.2. The normalized spacial score (nSPS) is 26.2. The number of urea groups is 2. The zero-order chi connectivity index (χ0) is 30.7. The van der Waals surface area contributed by atoms with E-state index >= 15 is 0 Å². The SMILES string of the molecule is COCC1=NC(=O)N(C(=O)N[C@@H]2CCN(C3CCC(c4ccccc4O)CC3)C2)[C@@H](c2ccc(F)c(F)c2)C1C(=O)OC. The number of esters is 1. The summed E-state index contributed by atoms with van der Waals surface area (Å²) >= 11 is 0. The molecule has 2 heterocycles. The fraction of sp³-hybridized carbons (Fsp3) is 0.484. The molecule has 3 atom stereocenters. The number of phenolic OH excluding ortho intramolecular Hbond substituents is 1. The minimum Gasteiger partial charge on any atom is -0.508 e. The molecule has 1 aliphatic carbocycles. The number of nitrogens with zero attached hydrogens (tertiary/aromatic N) is 3.